The van der Waals surface area contributed by atoms with E-state index in [4.69, 9.17) is 10.5 Å². The van der Waals surface area contributed by atoms with Crippen molar-refractivity contribution in [3.63, 3.8) is 0 Å². The second kappa shape index (κ2) is 8.81. The van der Waals surface area contributed by atoms with Crippen LogP contribution in [0, 0.1) is 17.5 Å². The van der Waals surface area contributed by atoms with Gasteiger partial charge in [-0.3, -0.25) is 14.2 Å². The van der Waals surface area contributed by atoms with Crippen molar-refractivity contribution in [2.75, 3.05) is 6.61 Å². The second-order valence-corrected chi connectivity index (χ2v) is 7.02. The Kier molecular flexibility index (Phi) is 5.88. The van der Waals surface area contributed by atoms with Crippen LogP contribution in [0.4, 0.5) is 13.2 Å². The Labute approximate surface area is 189 Å². The van der Waals surface area contributed by atoms with Crippen molar-refractivity contribution in [2.45, 2.75) is 13.5 Å². The molecule has 174 valence electrons. The first-order chi connectivity index (χ1) is 16.2. The van der Waals surface area contributed by atoms with E-state index >= 15 is 0 Å². The van der Waals surface area contributed by atoms with Crippen LogP contribution in [0.3, 0.4) is 0 Å². The fourth-order valence-electron chi connectivity index (χ4n) is 3.43. The van der Waals surface area contributed by atoms with Gasteiger partial charge < -0.3 is 10.5 Å². The van der Waals surface area contributed by atoms with Crippen LogP contribution in [0.2, 0.25) is 0 Å². The van der Waals surface area contributed by atoms with E-state index in [1.54, 1.807) is 6.92 Å². The lowest BCUT2D eigenvalue weighted by atomic mass is 10.2. The maximum absolute atomic E-state index is 14.5. The van der Waals surface area contributed by atoms with E-state index in [1.165, 1.54) is 24.3 Å². The van der Waals surface area contributed by atoms with Crippen molar-refractivity contribution in [1.29, 1.82) is 0 Å². The third-order valence-corrected chi connectivity index (χ3v) is 4.87. The molecule has 2 heterocycles. The van der Waals surface area contributed by atoms with Crippen LogP contribution in [0.1, 0.15) is 17.4 Å². The van der Waals surface area contributed by atoms with Crippen LogP contribution in [0.5, 0.6) is 0 Å². The molecule has 0 aliphatic heterocycles. The monoisotopic (exact) mass is 471 g/mol. The van der Waals surface area contributed by atoms with Crippen molar-refractivity contribution >= 4 is 23.0 Å². The molecule has 0 saturated heterocycles. The van der Waals surface area contributed by atoms with Crippen LogP contribution in [0.15, 0.2) is 47.3 Å². The molecule has 0 radical (unpaired) electrons. The molecule has 0 spiro atoms. The summed E-state index contributed by atoms with van der Waals surface area (Å²) in [4.78, 5) is 45.9. The number of fused-ring (bicyclic) bond motifs is 1. The number of esters is 1. The summed E-state index contributed by atoms with van der Waals surface area (Å²) in [5.74, 6) is -5.38. The number of aromatic nitrogens is 4. The van der Waals surface area contributed by atoms with Gasteiger partial charge in [-0.25, -0.2) is 32.5 Å². The fraction of sp³-hybridized carbons (Fsp3) is 0.136. The van der Waals surface area contributed by atoms with Gasteiger partial charge in [0.2, 0.25) is 0 Å². The number of carbonyl (C=O) groups excluding carboxylic acids is 2. The number of hydrogen-bond donors (Lipinski definition) is 1. The number of primary amides is 1. The van der Waals surface area contributed by atoms with Crippen molar-refractivity contribution < 1.29 is 27.5 Å². The lowest BCUT2D eigenvalue weighted by Gasteiger charge is -2.08. The van der Waals surface area contributed by atoms with E-state index in [0.717, 1.165) is 27.3 Å². The zero-order chi connectivity index (χ0) is 24.6. The number of hydrogen-bond acceptors (Lipinski definition) is 6. The molecule has 12 heteroatoms. The Bertz CT molecular complexity index is 1500. The Balaban J connectivity index is 2.11. The number of imidazole rings is 1. The van der Waals surface area contributed by atoms with Gasteiger partial charge in [-0.2, -0.15) is 0 Å². The molecular formula is C22H16F3N5O4. The van der Waals surface area contributed by atoms with Gasteiger partial charge in [-0.05, 0) is 43.3 Å². The number of amides is 1. The summed E-state index contributed by atoms with van der Waals surface area (Å²) in [6.45, 7) is 0.987. The molecule has 0 aliphatic carbocycles. The number of halogens is 3. The van der Waals surface area contributed by atoms with E-state index in [9.17, 15) is 27.6 Å². The molecule has 0 atom stereocenters. The normalized spacial score (nSPS) is 11.1. The van der Waals surface area contributed by atoms with Crippen molar-refractivity contribution in [3.8, 4) is 17.1 Å². The average Bonchev–Trinajstić information content (AvgIpc) is 3.07. The number of ether oxygens (including phenoxy) is 1. The number of nitrogens with zero attached hydrogens (tertiary/aromatic N) is 4. The first-order valence-electron chi connectivity index (χ1n) is 9.92. The maximum atomic E-state index is 14.5. The molecule has 0 unspecified atom stereocenters. The van der Waals surface area contributed by atoms with Gasteiger partial charge in [-0.15, -0.1) is 0 Å². The Morgan fingerprint density at radius 2 is 1.76 bits per heavy atom. The third kappa shape index (κ3) is 3.89. The molecule has 4 aromatic rings. The Morgan fingerprint density at radius 3 is 2.41 bits per heavy atom. The summed E-state index contributed by atoms with van der Waals surface area (Å²) < 4.78 is 48.6. The summed E-state index contributed by atoms with van der Waals surface area (Å²) in [6, 6.07) is 7.97. The quantitative estimate of drug-likeness (QED) is 0.431. The summed E-state index contributed by atoms with van der Waals surface area (Å²) in [5.41, 5.74) is 3.41. The van der Waals surface area contributed by atoms with Gasteiger partial charge in [0.1, 0.15) is 17.9 Å². The molecule has 0 fully saturated rings. The topological polar surface area (TPSA) is 122 Å². The third-order valence-electron chi connectivity index (χ3n) is 4.87. The highest BCUT2D eigenvalue weighted by molar-refractivity contribution is 6.02. The predicted octanol–water partition coefficient (Wildman–Crippen LogP) is 2.33. The summed E-state index contributed by atoms with van der Waals surface area (Å²) in [5, 5.41) is 0. The molecule has 2 aromatic heterocycles. The van der Waals surface area contributed by atoms with Crippen LogP contribution in [-0.4, -0.2) is 37.6 Å². The van der Waals surface area contributed by atoms with E-state index in [0.29, 0.717) is 0 Å². The van der Waals surface area contributed by atoms with Gasteiger partial charge in [0.05, 0.1) is 17.9 Å². The van der Waals surface area contributed by atoms with Crippen LogP contribution in [-0.2, 0) is 16.1 Å². The number of carbonyl (C=O) groups is 2. The van der Waals surface area contributed by atoms with Crippen LogP contribution in [0.25, 0.3) is 28.2 Å². The molecular weight excluding hydrogens is 455 g/mol. The van der Waals surface area contributed by atoms with Crippen LogP contribution >= 0.6 is 0 Å². The largest absolute Gasteiger partial charge is 0.465 e. The molecule has 1 amide bonds. The van der Waals surface area contributed by atoms with Crippen molar-refractivity contribution in [2.24, 2.45) is 5.73 Å². The van der Waals surface area contributed by atoms with Gasteiger partial charge in [0.25, 0.3) is 5.91 Å². The highest BCUT2D eigenvalue weighted by Gasteiger charge is 2.26. The lowest BCUT2D eigenvalue weighted by Crippen LogP contribution is -2.28. The zero-order valence-electron chi connectivity index (χ0n) is 17.6. The number of rotatable bonds is 6. The molecule has 34 heavy (non-hydrogen) atoms. The van der Waals surface area contributed by atoms with E-state index in [-0.39, 0.29) is 29.0 Å². The number of nitrogens with two attached hydrogens (primary N) is 1. The van der Waals surface area contributed by atoms with Gasteiger partial charge in [0.15, 0.2) is 28.8 Å². The standard InChI is InChI=1S/C22H16F3N5O4/c1-2-34-15(31)10-29-18-17(19(26)32)27-20(13-4-3-5-14(24)16(13)25)28-21(18)30(22(29)33)12-8-6-11(23)7-9-12/h3-9H,2,10H2,1H3,(H2,26,32). The minimum absolute atomic E-state index is 0.0341. The maximum Gasteiger partial charge on any atom is 0.335 e. The summed E-state index contributed by atoms with van der Waals surface area (Å²) in [7, 11) is 0. The van der Waals surface area contributed by atoms with Gasteiger partial charge >= 0.3 is 11.7 Å². The molecule has 0 aliphatic rings. The Hall–Kier alpha value is -4.48. The second-order valence-electron chi connectivity index (χ2n) is 7.02. The summed E-state index contributed by atoms with van der Waals surface area (Å²) >= 11 is 0. The van der Waals surface area contributed by atoms with Crippen molar-refractivity contribution in [1.82, 2.24) is 19.1 Å². The molecule has 2 N–H and O–H groups in total. The SMILES string of the molecule is CCOC(=O)Cn1c(=O)n(-c2ccc(F)cc2)c2nc(-c3cccc(F)c3F)nc(C(N)=O)c21. The Morgan fingerprint density at radius 1 is 1.06 bits per heavy atom. The van der Waals surface area contributed by atoms with E-state index in [2.05, 4.69) is 9.97 Å². The van der Waals surface area contributed by atoms with Crippen LogP contribution < -0.4 is 11.4 Å². The fourth-order valence-corrected chi connectivity index (χ4v) is 3.43. The predicted molar refractivity (Wildman–Crippen MR) is 114 cm³/mol. The lowest BCUT2D eigenvalue weighted by molar-refractivity contribution is -0.143. The average molecular weight is 471 g/mol. The summed E-state index contributed by atoms with van der Waals surface area (Å²) in [6.07, 6.45) is 0. The first kappa shape index (κ1) is 22.7. The highest BCUT2D eigenvalue weighted by Crippen LogP contribution is 2.26. The van der Waals surface area contributed by atoms with Gasteiger partial charge in [0, 0.05) is 0 Å². The smallest absolute Gasteiger partial charge is 0.335 e. The molecule has 9 nitrogen and oxygen atoms in total. The van der Waals surface area contributed by atoms with E-state index < -0.39 is 53.1 Å². The van der Waals surface area contributed by atoms with Crippen molar-refractivity contribution in [3.05, 3.63) is 76.1 Å². The molecule has 0 bridgehead atoms. The molecule has 0 saturated carbocycles. The van der Waals surface area contributed by atoms with E-state index in [1.807, 2.05) is 0 Å². The molecule has 2 aromatic carbocycles. The number of benzene rings is 2. The highest BCUT2D eigenvalue weighted by atomic mass is 19.2. The minimum Gasteiger partial charge on any atom is -0.465 e. The van der Waals surface area contributed by atoms with Gasteiger partial charge in [-0.1, -0.05) is 6.07 Å². The first-order valence-corrected chi connectivity index (χ1v) is 9.92. The minimum atomic E-state index is -1.28. The molecule has 4 rings (SSSR count). The zero-order valence-corrected chi connectivity index (χ0v) is 17.6.